The molecule has 3 N–H and O–H groups in total. The van der Waals surface area contributed by atoms with Gasteiger partial charge in [-0.05, 0) is 6.42 Å². The van der Waals surface area contributed by atoms with Crippen LogP contribution >= 0.6 is 0 Å². The van der Waals surface area contributed by atoms with Crippen LogP contribution in [-0.4, -0.2) is 54.5 Å². The van der Waals surface area contributed by atoms with Gasteiger partial charge in [-0.15, -0.1) is 0 Å². The van der Waals surface area contributed by atoms with Crippen molar-refractivity contribution in [1.82, 2.24) is 19.0 Å². The minimum absolute atomic E-state index is 0.0216. The van der Waals surface area contributed by atoms with Crippen LogP contribution in [0.25, 0.3) is 0 Å². The molecule has 1 aromatic rings. The van der Waals surface area contributed by atoms with Crippen LogP contribution in [0.1, 0.15) is 12.2 Å². The van der Waals surface area contributed by atoms with Crippen molar-refractivity contribution in [3.8, 4) is 0 Å². The number of hydrogen-bond acceptors (Lipinski definition) is 4. The smallest absolute Gasteiger partial charge is 0.279 e. The van der Waals surface area contributed by atoms with Crippen molar-refractivity contribution >= 4 is 10.2 Å². The molecule has 0 spiro atoms. The fourth-order valence-electron chi connectivity index (χ4n) is 1.26. The highest BCUT2D eigenvalue weighted by atomic mass is 32.2. The van der Waals surface area contributed by atoms with Crippen molar-refractivity contribution in [2.24, 2.45) is 0 Å². The number of H-pyrrole nitrogens is 1. The second-order valence-electron chi connectivity index (χ2n) is 3.58. The Labute approximate surface area is 101 Å². The van der Waals surface area contributed by atoms with Crippen LogP contribution in [0.4, 0.5) is 0 Å². The van der Waals surface area contributed by atoms with Crippen LogP contribution in [0.5, 0.6) is 0 Å². The molecule has 0 bridgehead atoms. The first-order chi connectivity index (χ1) is 8.06. The summed E-state index contributed by atoms with van der Waals surface area (Å²) in [5, 5.41) is 8.63. The third-order valence-electron chi connectivity index (χ3n) is 2.24. The minimum Gasteiger partial charge on any atom is -0.396 e. The number of aromatic amines is 1. The molecule has 0 saturated heterocycles. The van der Waals surface area contributed by atoms with E-state index in [-0.39, 0.29) is 6.61 Å². The minimum atomic E-state index is -3.46. The number of rotatable bonds is 8. The fourth-order valence-corrected chi connectivity index (χ4v) is 2.21. The van der Waals surface area contributed by atoms with Gasteiger partial charge in [-0.2, -0.15) is 12.7 Å². The molecule has 0 saturated carbocycles. The first-order valence-corrected chi connectivity index (χ1v) is 6.80. The second-order valence-corrected chi connectivity index (χ2v) is 5.45. The average Bonchev–Trinajstić information content (AvgIpc) is 2.78. The van der Waals surface area contributed by atoms with Crippen molar-refractivity contribution < 1.29 is 13.5 Å². The maximum atomic E-state index is 11.7. The molecule has 98 valence electrons. The molecule has 1 rings (SSSR count). The summed E-state index contributed by atoms with van der Waals surface area (Å²) in [5.41, 5.74) is 0. The molecular formula is C9H18N4O3S. The van der Waals surface area contributed by atoms with E-state index in [2.05, 4.69) is 14.7 Å². The molecule has 0 aliphatic carbocycles. The fraction of sp³-hybridized carbons (Fsp3) is 0.667. The van der Waals surface area contributed by atoms with Gasteiger partial charge in [-0.3, -0.25) is 0 Å². The zero-order chi connectivity index (χ0) is 12.7. The van der Waals surface area contributed by atoms with Gasteiger partial charge in [-0.25, -0.2) is 9.71 Å². The van der Waals surface area contributed by atoms with Gasteiger partial charge in [0.15, 0.2) is 0 Å². The lowest BCUT2D eigenvalue weighted by molar-refractivity contribution is 0.275. The molecule has 8 heteroatoms. The Morgan fingerprint density at radius 2 is 2.35 bits per heavy atom. The summed E-state index contributed by atoms with van der Waals surface area (Å²) in [7, 11) is -1.98. The molecule has 0 amide bonds. The van der Waals surface area contributed by atoms with Crippen molar-refractivity contribution in [1.29, 1.82) is 0 Å². The molecule has 1 aromatic heterocycles. The SMILES string of the molecule is CN(CCCO)S(=O)(=O)NCCc1ncc[nH]1. The molecular weight excluding hydrogens is 244 g/mol. The molecule has 0 radical (unpaired) electrons. The number of aliphatic hydroxyl groups is 1. The highest BCUT2D eigenvalue weighted by Crippen LogP contribution is 1.96. The monoisotopic (exact) mass is 262 g/mol. The molecule has 0 atom stereocenters. The van der Waals surface area contributed by atoms with Gasteiger partial charge in [0.2, 0.25) is 0 Å². The van der Waals surface area contributed by atoms with E-state index >= 15 is 0 Å². The van der Waals surface area contributed by atoms with E-state index in [1.807, 2.05) is 0 Å². The van der Waals surface area contributed by atoms with Gasteiger partial charge in [0.05, 0.1) is 0 Å². The van der Waals surface area contributed by atoms with E-state index in [1.54, 1.807) is 12.4 Å². The predicted octanol–water partition coefficient (Wildman–Crippen LogP) is -0.899. The van der Waals surface area contributed by atoms with E-state index in [4.69, 9.17) is 5.11 Å². The summed E-state index contributed by atoms with van der Waals surface area (Å²) < 4.78 is 27.0. The number of imidazole rings is 1. The largest absolute Gasteiger partial charge is 0.396 e. The molecule has 0 unspecified atom stereocenters. The quantitative estimate of drug-likeness (QED) is 0.565. The Balaban J connectivity index is 2.33. The molecule has 0 aliphatic heterocycles. The Morgan fingerprint density at radius 3 is 2.94 bits per heavy atom. The zero-order valence-corrected chi connectivity index (χ0v) is 10.6. The van der Waals surface area contributed by atoms with Crippen molar-refractivity contribution in [3.63, 3.8) is 0 Å². The van der Waals surface area contributed by atoms with Crippen molar-refractivity contribution in [3.05, 3.63) is 18.2 Å². The first kappa shape index (κ1) is 14.1. The van der Waals surface area contributed by atoms with Crippen LogP contribution in [0.3, 0.4) is 0 Å². The molecule has 1 heterocycles. The number of hydrogen-bond donors (Lipinski definition) is 3. The van der Waals surface area contributed by atoms with Gasteiger partial charge < -0.3 is 10.1 Å². The zero-order valence-electron chi connectivity index (χ0n) is 9.76. The Hall–Kier alpha value is -0.960. The van der Waals surface area contributed by atoms with Crippen LogP contribution in [0, 0.1) is 0 Å². The van der Waals surface area contributed by atoms with E-state index in [1.165, 1.54) is 11.4 Å². The number of aromatic nitrogens is 2. The third kappa shape index (κ3) is 4.82. The Bertz CT molecular complexity index is 404. The van der Waals surface area contributed by atoms with Crippen molar-refractivity contribution in [2.75, 3.05) is 26.7 Å². The molecule has 0 aromatic carbocycles. The lowest BCUT2D eigenvalue weighted by Gasteiger charge is -2.16. The lowest BCUT2D eigenvalue weighted by atomic mass is 10.4. The normalized spacial score (nSPS) is 12.2. The second kappa shape index (κ2) is 6.70. The highest BCUT2D eigenvalue weighted by molar-refractivity contribution is 7.87. The van der Waals surface area contributed by atoms with E-state index < -0.39 is 10.2 Å². The summed E-state index contributed by atoms with van der Waals surface area (Å²) in [4.78, 5) is 6.89. The molecule has 7 nitrogen and oxygen atoms in total. The number of nitrogens with zero attached hydrogens (tertiary/aromatic N) is 2. The van der Waals surface area contributed by atoms with Gasteiger partial charge in [0, 0.05) is 45.6 Å². The maximum absolute atomic E-state index is 11.7. The summed E-state index contributed by atoms with van der Waals surface area (Å²) in [6, 6.07) is 0. The van der Waals surface area contributed by atoms with E-state index in [9.17, 15) is 8.42 Å². The van der Waals surface area contributed by atoms with E-state index in [0.29, 0.717) is 25.9 Å². The van der Waals surface area contributed by atoms with Crippen LogP contribution in [-0.2, 0) is 16.6 Å². The molecule has 17 heavy (non-hydrogen) atoms. The van der Waals surface area contributed by atoms with Gasteiger partial charge in [0.25, 0.3) is 10.2 Å². The topological polar surface area (TPSA) is 98.3 Å². The predicted molar refractivity (Wildman–Crippen MR) is 63.5 cm³/mol. The summed E-state index contributed by atoms with van der Waals surface area (Å²) in [6.07, 6.45) is 4.25. The standard InChI is InChI=1S/C9H18N4O3S/c1-13(7-2-8-14)17(15,16)12-4-3-9-10-5-6-11-9/h5-6,12,14H,2-4,7-8H2,1H3,(H,10,11). The molecule has 0 aliphatic rings. The third-order valence-corrected chi connectivity index (χ3v) is 3.81. The Morgan fingerprint density at radius 1 is 1.59 bits per heavy atom. The maximum Gasteiger partial charge on any atom is 0.279 e. The van der Waals surface area contributed by atoms with Gasteiger partial charge >= 0.3 is 0 Å². The van der Waals surface area contributed by atoms with Crippen LogP contribution < -0.4 is 4.72 Å². The summed E-state index contributed by atoms with van der Waals surface area (Å²) >= 11 is 0. The van der Waals surface area contributed by atoms with E-state index in [0.717, 1.165) is 5.82 Å². The summed E-state index contributed by atoms with van der Waals surface area (Å²) in [6.45, 7) is 0.568. The first-order valence-electron chi connectivity index (χ1n) is 5.36. The van der Waals surface area contributed by atoms with Crippen molar-refractivity contribution in [2.45, 2.75) is 12.8 Å². The number of aliphatic hydroxyl groups excluding tert-OH is 1. The van der Waals surface area contributed by atoms with Gasteiger partial charge in [-0.1, -0.05) is 0 Å². The summed E-state index contributed by atoms with van der Waals surface area (Å²) in [5.74, 6) is 0.741. The average molecular weight is 262 g/mol. The highest BCUT2D eigenvalue weighted by Gasteiger charge is 2.15. The Kier molecular flexibility index (Phi) is 5.56. The van der Waals surface area contributed by atoms with Gasteiger partial charge in [0.1, 0.15) is 5.82 Å². The number of nitrogens with one attached hydrogen (secondary N) is 2. The van der Waals surface area contributed by atoms with Crippen LogP contribution in [0.15, 0.2) is 12.4 Å². The lowest BCUT2D eigenvalue weighted by Crippen LogP contribution is -2.39. The molecule has 0 fully saturated rings. The van der Waals surface area contributed by atoms with Crippen LogP contribution in [0.2, 0.25) is 0 Å².